The van der Waals surface area contributed by atoms with Crippen molar-refractivity contribution in [3.05, 3.63) is 58.3 Å². The maximum atomic E-state index is 4.62. The van der Waals surface area contributed by atoms with Gasteiger partial charge in [-0.05, 0) is 55.8 Å². The monoisotopic (exact) mass is 362 g/mol. The van der Waals surface area contributed by atoms with Crippen LogP contribution >= 0.6 is 27.7 Å². The van der Waals surface area contributed by atoms with Crippen LogP contribution < -0.4 is 5.32 Å². The van der Waals surface area contributed by atoms with Gasteiger partial charge in [0.15, 0.2) is 0 Å². The zero-order valence-corrected chi connectivity index (χ0v) is 14.5. The second kappa shape index (κ2) is 6.95. The van der Waals surface area contributed by atoms with Crippen LogP contribution in [0.3, 0.4) is 0 Å². The first-order chi connectivity index (χ1) is 10.3. The molecule has 0 spiro atoms. The van der Waals surface area contributed by atoms with Gasteiger partial charge < -0.3 is 5.32 Å². The van der Waals surface area contributed by atoms with Crippen LogP contribution in [0.25, 0.3) is 0 Å². The SMILES string of the molecule is CNC(CSc1ccc(Br)cc1)C1CCc2cccnc21. The molecule has 0 aliphatic heterocycles. The molecule has 2 nitrogen and oxygen atoms in total. The highest BCUT2D eigenvalue weighted by molar-refractivity contribution is 9.10. The molecule has 0 amide bonds. The van der Waals surface area contributed by atoms with Crippen molar-refractivity contribution in [1.82, 2.24) is 10.3 Å². The molecule has 1 N–H and O–H groups in total. The second-order valence-electron chi connectivity index (χ2n) is 5.35. The number of aromatic nitrogens is 1. The number of thioether (sulfide) groups is 1. The Balaban J connectivity index is 1.67. The largest absolute Gasteiger partial charge is 0.315 e. The third-order valence-corrected chi connectivity index (χ3v) is 5.76. The maximum absolute atomic E-state index is 4.62. The van der Waals surface area contributed by atoms with Crippen LogP contribution in [0, 0.1) is 0 Å². The van der Waals surface area contributed by atoms with E-state index in [9.17, 15) is 0 Å². The van der Waals surface area contributed by atoms with Gasteiger partial charge in [-0.15, -0.1) is 11.8 Å². The summed E-state index contributed by atoms with van der Waals surface area (Å²) in [4.78, 5) is 5.94. The molecule has 0 saturated carbocycles. The standard InChI is InChI=1S/C17H19BrN2S/c1-19-16(11-21-14-7-5-13(18)6-8-14)15-9-4-12-3-2-10-20-17(12)15/h2-3,5-8,10,15-16,19H,4,9,11H2,1H3. The molecule has 3 rings (SSSR count). The Morgan fingerprint density at radius 2 is 2.14 bits per heavy atom. The lowest BCUT2D eigenvalue weighted by atomic mass is 9.98. The lowest BCUT2D eigenvalue weighted by Crippen LogP contribution is -2.33. The van der Waals surface area contributed by atoms with Gasteiger partial charge in [0, 0.05) is 39.0 Å². The molecule has 1 aromatic carbocycles. The molecule has 0 bridgehead atoms. The Hall–Kier alpha value is -0.840. The molecule has 21 heavy (non-hydrogen) atoms. The molecule has 0 saturated heterocycles. The lowest BCUT2D eigenvalue weighted by Gasteiger charge is -2.23. The van der Waals surface area contributed by atoms with Gasteiger partial charge in [-0.25, -0.2) is 0 Å². The Morgan fingerprint density at radius 1 is 1.33 bits per heavy atom. The van der Waals surface area contributed by atoms with Crippen molar-refractivity contribution in [1.29, 1.82) is 0 Å². The Kier molecular flexibility index (Phi) is 4.99. The zero-order chi connectivity index (χ0) is 14.7. The molecule has 1 heterocycles. The first-order valence-electron chi connectivity index (χ1n) is 7.27. The molecule has 1 aliphatic rings. The zero-order valence-electron chi connectivity index (χ0n) is 12.1. The molecule has 1 aromatic heterocycles. The van der Waals surface area contributed by atoms with E-state index in [1.807, 2.05) is 24.0 Å². The van der Waals surface area contributed by atoms with Crippen LogP contribution in [-0.4, -0.2) is 23.8 Å². The molecule has 4 heteroatoms. The van der Waals surface area contributed by atoms with E-state index >= 15 is 0 Å². The number of halogens is 1. The van der Waals surface area contributed by atoms with Gasteiger partial charge in [0.05, 0.1) is 0 Å². The van der Waals surface area contributed by atoms with E-state index in [1.165, 1.54) is 22.6 Å². The molecule has 0 fully saturated rings. The average molecular weight is 363 g/mol. The van der Waals surface area contributed by atoms with E-state index in [-0.39, 0.29) is 0 Å². The van der Waals surface area contributed by atoms with Gasteiger partial charge in [-0.3, -0.25) is 4.98 Å². The molecule has 0 radical (unpaired) electrons. The van der Waals surface area contributed by atoms with E-state index in [1.54, 1.807) is 0 Å². The summed E-state index contributed by atoms with van der Waals surface area (Å²) < 4.78 is 1.13. The minimum absolute atomic E-state index is 0.467. The van der Waals surface area contributed by atoms with Crippen molar-refractivity contribution in [2.45, 2.75) is 29.7 Å². The van der Waals surface area contributed by atoms with Crippen LogP contribution in [0.5, 0.6) is 0 Å². The van der Waals surface area contributed by atoms with Crippen LogP contribution in [0.15, 0.2) is 52.0 Å². The minimum Gasteiger partial charge on any atom is -0.315 e. The van der Waals surface area contributed by atoms with Gasteiger partial charge in [-0.1, -0.05) is 22.0 Å². The predicted octanol–water partition coefficient (Wildman–Crippen LogP) is 4.25. The van der Waals surface area contributed by atoms with Crippen molar-refractivity contribution >= 4 is 27.7 Å². The number of benzene rings is 1. The van der Waals surface area contributed by atoms with Crippen molar-refractivity contribution in [3.8, 4) is 0 Å². The first kappa shape index (κ1) is 15.1. The maximum Gasteiger partial charge on any atom is 0.0482 e. The number of fused-ring (bicyclic) bond motifs is 1. The van der Waals surface area contributed by atoms with Gasteiger partial charge in [-0.2, -0.15) is 0 Å². The quantitative estimate of drug-likeness (QED) is 0.804. The number of rotatable bonds is 5. The van der Waals surface area contributed by atoms with Crippen LogP contribution in [0.4, 0.5) is 0 Å². The fraction of sp³-hybridized carbons (Fsp3) is 0.353. The summed E-state index contributed by atoms with van der Waals surface area (Å²) in [6, 6.07) is 13.3. The van der Waals surface area contributed by atoms with Crippen molar-refractivity contribution in [2.24, 2.45) is 0 Å². The molecular weight excluding hydrogens is 344 g/mol. The number of nitrogens with one attached hydrogen (secondary N) is 1. The summed E-state index contributed by atoms with van der Waals surface area (Å²) in [5.41, 5.74) is 2.73. The number of hydrogen-bond acceptors (Lipinski definition) is 3. The first-order valence-corrected chi connectivity index (χ1v) is 9.05. The number of hydrogen-bond donors (Lipinski definition) is 1. The smallest absolute Gasteiger partial charge is 0.0482 e. The van der Waals surface area contributed by atoms with Crippen LogP contribution in [-0.2, 0) is 6.42 Å². The Labute approximate surface area is 138 Å². The van der Waals surface area contributed by atoms with Crippen molar-refractivity contribution in [2.75, 3.05) is 12.8 Å². The van der Waals surface area contributed by atoms with Crippen LogP contribution in [0.1, 0.15) is 23.6 Å². The number of pyridine rings is 1. The summed E-state index contributed by atoms with van der Waals surface area (Å²) in [5.74, 6) is 1.60. The summed E-state index contributed by atoms with van der Waals surface area (Å²) in [6.07, 6.45) is 4.29. The van der Waals surface area contributed by atoms with E-state index in [2.05, 4.69) is 63.6 Å². The highest BCUT2D eigenvalue weighted by Gasteiger charge is 2.29. The highest BCUT2D eigenvalue weighted by Crippen LogP contribution is 2.35. The van der Waals surface area contributed by atoms with E-state index < -0.39 is 0 Å². The third-order valence-electron chi connectivity index (χ3n) is 4.10. The molecule has 2 aromatic rings. The van der Waals surface area contributed by atoms with Crippen molar-refractivity contribution < 1.29 is 0 Å². The Bertz CT molecular complexity index is 600. The predicted molar refractivity (Wildman–Crippen MR) is 93.0 cm³/mol. The number of likely N-dealkylation sites (N-methyl/N-ethyl adjacent to an activating group) is 1. The molecule has 2 unspecified atom stereocenters. The summed E-state index contributed by atoms with van der Waals surface area (Å²) in [5, 5.41) is 3.50. The van der Waals surface area contributed by atoms with E-state index in [4.69, 9.17) is 0 Å². The Morgan fingerprint density at radius 3 is 2.90 bits per heavy atom. The fourth-order valence-electron chi connectivity index (χ4n) is 2.95. The van der Waals surface area contributed by atoms with E-state index in [0.717, 1.165) is 16.6 Å². The minimum atomic E-state index is 0.467. The number of aryl methyl sites for hydroxylation is 1. The fourth-order valence-corrected chi connectivity index (χ4v) is 4.32. The van der Waals surface area contributed by atoms with Gasteiger partial charge in [0.25, 0.3) is 0 Å². The van der Waals surface area contributed by atoms with Gasteiger partial charge >= 0.3 is 0 Å². The molecule has 1 aliphatic carbocycles. The summed E-state index contributed by atoms with van der Waals surface area (Å²) >= 11 is 5.39. The van der Waals surface area contributed by atoms with Gasteiger partial charge in [0.1, 0.15) is 0 Å². The summed E-state index contributed by atoms with van der Waals surface area (Å²) in [6.45, 7) is 0. The van der Waals surface area contributed by atoms with Gasteiger partial charge in [0.2, 0.25) is 0 Å². The second-order valence-corrected chi connectivity index (χ2v) is 7.36. The normalized spacial score (nSPS) is 18.5. The number of nitrogens with zero attached hydrogens (tertiary/aromatic N) is 1. The van der Waals surface area contributed by atoms with Crippen molar-refractivity contribution in [3.63, 3.8) is 0 Å². The topological polar surface area (TPSA) is 24.9 Å². The lowest BCUT2D eigenvalue weighted by molar-refractivity contribution is 0.491. The molecule has 2 atom stereocenters. The van der Waals surface area contributed by atoms with Crippen LogP contribution in [0.2, 0.25) is 0 Å². The summed E-state index contributed by atoms with van der Waals surface area (Å²) in [7, 11) is 2.06. The molecule has 110 valence electrons. The highest BCUT2D eigenvalue weighted by atomic mass is 79.9. The third kappa shape index (κ3) is 3.50. The van der Waals surface area contributed by atoms with E-state index in [0.29, 0.717) is 12.0 Å². The molecular formula is C17H19BrN2S. The average Bonchev–Trinajstić information content (AvgIpc) is 2.94.